The lowest BCUT2D eigenvalue weighted by Crippen LogP contribution is -2.48. The quantitative estimate of drug-likeness (QED) is 0.188. The summed E-state index contributed by atoms with van der Waals surface area (Å²) in [6.45, 7) is 4.27. The molecule has 0 aliphatic rings. The number of carbonyl (C=O) groups is 1. The number of aliphatic hydroxyl groups is 2. The van der Waals surface area contributed by atoms with Gasteiger partial charge in [0.05, 0.1) is 19.3 Å². The van der Waals surface area contributed by atoms with Crippen LogP contribution in [0.3, 0.4) is 0 Å². The van der Waals surface area contributed by atoms with E-state index in [-0.39, 0.29) is 13.0 Å². The third-order valence-corrected chi connectivity index (χ3v) is 7.14. The fourth-order valence-corrected chi connectivity index (χ4v) is 4.98. The number of aliphatic hydroxyl groups excluding tert-OH is 2. The van der Waals surface area contributed by atoms with Crippen molar-refractivity contribution in [3.8, 4) is 5.75 Å². The Hall–Kier alpha value is -4.11. The zero-order chi connectivity index (χ0) is 30.2. The van der Waals surface area contributed by atoms with Gasteiger partial charge >= 0.3 is 0 Å². The maximum absolute atomic E-state index is 14.0. The van der Waals surface area contributed by atoms with Gasteiger partial charge in [-0.1, -0.05) is 42.5 Å². The first kappa shape index (κ1) is 30.8. The van der Waals surface area contributed by atoms with Crippen LogP contribution in [0, 0.1) is 25.5 Å². The largest absolute Gasteiger partial charge is 0.497 e. The molecule has 0 aliphatic heterocycles. The minimum atomic E-state index is -1.09. The lowest BCUT2D eigenvalue weighted by molar-refractivity contribution is 0.0829. The monoisotopic (exact) mass is 574 g/mol. The first-order valence-electron chi connectivity index (χ1n) is 13.8. The van der Waals surface area contributed by atoms with Crippen LogP contribution < -0.4 is 15.4 Å². The summed E-state index contributed by atoms with van der Waals surface area (Å²) in [6, 6.07) is 22.4. The zero-order valence-electron chi connectivity index (χ0n) is 23.9. The topological polar surface area (TPSA) is 90.8 Å². The molecule has 0 saturated carbocycles. The standard InChI is InChI=1S/C34H36F2N2O4/c1-21-11-25(33(40)30-10-5-4-7-22(30)2)17-26(12-21)34(41)38-31(16-24-13-27(35)18-28(36)14-24)32(39)20-37-19-23-8-6-9-29(15-23)42-3/h4-15,17-18,31-33,37,39-40H,16,19-20H2,1-3H3,(H,38,41)/t31-,32-,33?/m0/s1. The van der Waals surface area contributed by atoms with Gasteiger partial charge in [0, 0.05) is 24.7 Å². The lowest BCUT2D eigenvalue weighted by atomic mass is 9.94. The van der Waals surface area contributed by atoms with Crippen molar-refractivity contribution in [2.45, 2.75) is 45.1 Å². The van der Waals surface area contributed by atoms with Gasteiger partial charge in [-0.25, -0.2) is 8.78 Å². The molecule has 0 saturated heterocycles. The Labute approximate surface area is 245 Å². The van der Waals surface area contributed by atoms with E-state index in [1.54, 1.807) is 19.2 Å². The summed E-state index contributed by atoms with van der Waals surface area (Å²) in [4.78, 5) is 13.5. The molecule has 0 bridgehead atoms. The average molecular weight is 575 g/mol. The molecule has 4 aromatic rings. The van der Waals surface area contributed by atoms with Crippen molar-refractivity contribution >= 4 is 5.91 Å². The van der Waals surface area contributed by atoms with Crippen molar-refractivity contribution in [1.29, 1.82) is 0 Å². The molecule has 0 aromatic heterocycles. The third-order valence-electron chi connectivity index (χ3n) is 7.14. The van der Waals surface area contributed by atoms with Gasteiger partial charge in [-0.3, -0.25) is 4.79 Å². The Balaban J connectivity index is 1.53. The number of ether oxygens (including phenoxy) is 1. The molecular formula is C34H36F2N2O4. The molecule has 220 valence electrons. The number of benzene rings is 4. The minimum Gasteiger partial charge on any atom is -0.497 e. The molecule has 0 fully saturated rings. The van der Waals surface area contributed by atoms with Crippen LogP contribution in [-0.2, 0) is 13.0 Å². The van der Waals surface area contributed by atoms with Crippen LogP contribution in [0.5, 0.6) is 5.75 Å². The van der Waals surface area contributed by atoms with Crippen molar-refractivity contribution in [3.05, 3.63) is 136 Å². The molecule has 3 atom stereocenters. The molecule has 1 amide bonds. The maximum Gasteiger partial charge on any atom is 0.251 e. The number of amides is 1. The predicted octanol–water partition coefficient (Wildman–Crippen LogP) is 5.16. The molecule has 4 aromatic carbocycles. The minimum absolute atomic E-state index is 0.00701. The molecule has 6 nitrogen and oxygen atoms in total. The van der Waals surface area contributed by atoms with Crippen molar-refractivity contribution in [1.82, 2.24) is 10.6 Å². The molecule has 0 aliphatic carbocycles. The molecule has 0 heterocycles. The highest BCUT2D eigenvalue weighted by Crippen LogP contribution is 2.26. The lowest BCUT2D eigenvalue weighted by Gasteiger charge is -2.25. The molecule has 1 unspecified atom stereocenters. The fourth-order valence-electron chi connectivity index (χ4n) is 4.98. The SMILES string of the molecule is COc1cccc(CNC[C@H](O)[C@H](Cc2cc(F)cc(F)c2)NC(=O)c2cc(C)cc(C(O)c3ccccc3C)c2)c1. The van der Waals surface area contributed by atoms with Crippen molar-refractivity contribution < 1.29 is 28.5 Å². The summed E-state index contributed by atoms with van der Waals surface area (Å²) in [5.74, 6) is -1.26. The van der Waals surface area contributed by atoms with Gasteiger partial charge in [0.1, 0.15) is 23.5 Å². The molecule has 4 rings (SSSR count). The molecule has 42 heavy (non-hydrogen) atoms. The van der Waals surface area contributed by atoms with E-state index >= 15 is 0 Å². The molecule has 4 N–H and O–H groups in total. The molecule has 0 spiro atoms. The summed E-state index contributed by atoms with van der Waals surface area (Å²) < 4.78 is 33.2. The van der Waals surface area contributed by atoms with E-state index < -0.39 is 35.8 Å². The van der Waals surface area contributed by atoms with E-state index in [9.17, 15) is 23.8 Å². The van der Waals surface area contributed by atoms with Crippen LogP contribution in [-0.4, -0.2) is 41.9 Å². The Morgan fingerprint density at radius 2 is 1.62 bits per heavy atom. The number of hydrogen-bond acceptors (Lipinski definition) is 5. The summed E-state index contributed by atoms with van der Waals surface area (Å²) in [5.41, 5.74) is 4.51. The molecule has 0 radical (unpaired) electrons. The van der Waals surface area contributed by atoms with Crippen LogP contribution >= 0.6 is 0 Å². The highest BCUT2D eigenvalue weighted by molar-refractivity contribution is 5.95. The van der Waals surface area contributed by atoms with Crippen LogP contribution in [0.4, 0.5) is 8.78 Å². The number of hydrogen-bond donors (Lipinski definition) is 4. The first-order valence-corrected chi connectivity index (χ1v) is 13.8. The molecule has 8 heteroatoms. The normalized spacial score (nSPS) is 13.3. The van der Waals surface area contributed by atoms with Crippen LogP contribution in [0.1, 0.15) is 49.8 Å². The van der Waals surface area contributed by atoms with Crippen LogP contribution in [0.25, 0.3) is 0 Å². The Kier molecular flexibility index (Phi) is 10.4. The van der Waals surface area contributed by atoms with Crippen LogP contribution in [0.15, 0.2) is 84.9 Å². The Morgan fingerprint density at radius 3 is 2.33 bits per heavy atom. The van der Waals surface area contributed by atoms with Crippen LogP contribution in [0.2, 0.25) is 0 Å². The van der Waals surface area contributed by atoms with Crippen molar-refractivity contribution in [2.24, 2.45) is 0 Å². The van der Waals surface area contributed by atoms with Gasteiger partial charge < -0.3 is 25.6 Å². The fraction of sp³-hybridized carbons (Fsp3) is 0.265. The van der Waals surface area contributed by atoms with Gasteiger partial charge in [0.2, 0.25) is 0 Å². The maximum atomic E-state index is 14.0. The number of rotatable bonds is 12. The van der Waals surface area contributed by atoms with E-state index in [1.165, 1.54) is 12.1 Å². The Bertz CT molecular complexity index is 1510. The number of nitrogens with one attached hydrogen (secondary N) is 2. The smallest absolute Gasteiger partial charge is 0.251 e. The summed E-state index contributed by atoms with van der Waals surface area (Å²) in [6.07, 6.45) is -2.03. The zero-order valence-corrected chi connectivity index (χ0v) is 23.9. The number of carbonyl (C=O) groups excluding carboxylic acids is 1. The summed E-state index contributed by atoms with van der Waals surface area (Å²) in [7, 11) is 1.58. The second-order valence-corrected chi connectivity index (χ2v) is 10.5. The second-order valence-electron chi connectivity index (χ2n) is 10.5. The predicted molar refractivity (Wildman–Crippen MR) is 158 cm³/mol. The summed E-state index contributed by atoms with van der Waals surface area (Å²) >= 11 is 0. The Morgan fingerprint density at radius 1 is 0.881 bits per heavy atom. The van der Waals surface area contributed by atoms with E-state index in [1.807, 2.05) is 68.4 Å². The summed E-state index contributed by atoms with van der Waals surface area (Å²) in [5, 5.41) is 28.2. The highest BCUT2D eigenvalue weighted by Gasteiger charge is 2.24. The average Bonchev–Trinajstić information content (AvgIpc) is 2.96. The first-order chi connectivity index (χ1) is 20.1. The van der Waals surface area contributed by atoms with E-state index in [4.69, 9.17) is 4.74 Å². The van der Waals surface area contributed by atoms with Crippen molar-refractivity contribution in [3.63, 3.8) is 0 Å². The molecular weight excluding hydrogens is 538 g/mol. The number of aryl methyl sites for hydroxylation is 2. The third kappa shape index (κ3) is 8.22. The highest BCUT2D eigenvalue weighted by atomic mass is 19.1. The van der Waals surface area contributed by atoms with Gasteiger partial charge in [-0.05, 0) is 90.0 Å². The van der Waals surface area contributed by atoms with Gasteiger partial charge in [0.25, 0.3) is 5.91 Å². The second kappa shape index (κ2) is 14.2. The van der Waals surface area contributed by atoms with E-state index in [0.717, 1.165) is 28.3 Å². The van der Waals surface area contributed by atoms with Gasteiger partial charge in [-0.15, -0.1) is 0 Å². The number of methoxy groups -OCH3 is 1. The van der Waals surface area contributed by atoms with Gasteiger partial charge in [-0.2, -0.15) is 0 Å². The van der Waals surface area contributed by atoms with E-state index in [0.29, 0.717) is 29.0 Å². The van der Waals surface area contributed by atoms with Gasteiger partial charge in [0.15, 0.2) is 0 Å². The van der Waals surface area contributed by atoms with E-state index in [2.05, 4.69) is 10.6 Å². The van der Waals surface area contributed by atoms with Crippen molar-refractivity contribution in [2.75, 3.05) is 13.7 Å². The number of halogens is 2.